The Morgan fingerprint density at radius 1 is 1.20 bits per heavy atom. The summed E-state index contributed by atoms with van der Waals surface area (Å²) in [6.07, 6.45) is 15.4. The first-order chi connectivity index (χ1) is 23.5. The lowest BCUT2D eigenvalue weighted by molar-refractivity contribution is 0.0456. The molecule has 1 amide bonds. The van der Waals surface area contributed by atoms with E-state index in [1.807, 2.05) is 12.1 Å². The van der Waals surface area contributed by atoms with Crippen LogP contribution in [0.3, 0.4) is 0 Å². The lowest BCUT2D eigenvalue weighted by Gasteiger charge is -2.45. The summed E-state index contributed by atoms with van der Waals surface area (Å²) in [6, 6.07) is 11.4. The molecular formula is C40H55ClN2O5S. The standard InChI is InChI=1S/C40H55ClN2O5S/c1-5-8-10-15-37(44)34-19-16-32(34)25-43-26-40(22-11-14-30-23-33(41)18-20-35(30)40)27-48-38-21-17-31(24-36(38)43)39(45)42-49(46,47)28(4)29(12-7-3)13-9-6-2/h7,10,15,17-18,20-21,23-24,28-29,32,34,37,44H,3,5-6,8-9,11-14,16,19,22,25-27H2,1-2,4H3,(H,42,45)/b15-10+/t28-,29-,32-,34+,37-,40-/m0/s1. The second-order valence-corrected chi connectivity index (χ2v) is 17.1. The third-order valence-corrected chi connectivity index (χ3v) is 13.3. The van der Waals surface area contributed by atoms with Gasteiger partial charge in [-0.15, -0.1) is 6.58 Å². The predicted molar refractivity (Wildman–Crippen MR) is 200 cm³/mol. The Kier molecular flexibility index (Phi) is 12.6. The zero-order valence-corrected chi connectivity index (χ0v) is 31.1. The van der Waals surface area contributed by atoms with E-state index in [0.29, 0.717) is 31.9 Å². The highest BCUT2D eigenvalue weighted by Gasteiger charge is 2.44. The minimum Gasteiger partial charge on any atom is -0.490 e. The molecule has 0 unspecified atom stereocenters. The lowest BCUT2D eigenvalue weighted by atomic mass is 9.68. The number of unbranched alkanes of at least 4 members (excludes halogenated alkanes) is 2. The van der Waals surface area contributed by atoms with E-state index < -0.39 is 27.3 Å². The van der Waals surface area contributed by atoms with Gasteiger partial charge in [-0.3, -0.25) is 4.79 Å². The van der Waals surface area contributed by atoms with Crippen molar-refractivity contribution in [1.82, 2.24) is 4.72 Å². The Balaban J connectivity index is 1.45. The van der Waals surface area contributed by atoms with Gasteiger partial charge in [0.2, 0.25) is 10.0 Å². The fraction of sp³-hybridized carbons (Fsp3) is 0.575. The second kappa shape index (κ2) is 16.5. The molecule has 5 rings (SSSR count). The highest BCUT2D eigenvalue weighted by molar-refractivity contribution is 7.90. The number of carbonyl (C=O) groups excluding carboxylic acids is 1. The summed E-state index contributed by atoms with van der Waals surface area (Å²) < 4.78 is 36.0. The number of sulfonamides is 1. The van der Waals surface area contributed by atoms with Gasteiger partial charge in [-0.25, -0.2) is 13.1 Å². The topological polar surface area (TPSA) is 95.9 Å². The molecule has 9 heteroatoms. The highest BCUT2D eigenvalue weighted by atomic mass is 35.5. The van der Waals surface area contributed by atoms with E-state index >= 15 is 0 Å². The van der Waals surface area contributed by atoms with Crippen molar-refractivity contribution >= 4 is 33.2 Å². The van der Waals surface area contributed by atoms with Crippen LogP contribution in [0.2, 0.25) is 5.02 Å². The van der Waals surface area contributed by atoms with Gasteiger partial charge in [-0.05, 0) is 118 Å². The molecule has 49 heavy (non-hydrogen) atoms. The Bertz CT molecular complexity index is 1610. The second-order valence-electron chi connectivity index (χ2n) is 14.6. The summed E-state index contributed by atoms with van der Waals surface area (Å²) in [5.74, 6) is 0.336. The summed E-state index contributed by atoms with van der Waals surface area (Å²) in [6.45, 7) is 11.6. The van der Waals surface area contributed by atoms with Crippen molar-refractivity contribution in [3.8, 4) is 5.75 Å². The van der Waals surface area contributed by atoms with Crippen LogP contribution in [-0.4, -0.2) is 50.5 Å². The molecule has 1 aliphatic heterocycles. The number of nitrogens with zero attached hydrogens (tertiary/aromatic N) is 1. The van der Waals surface area contributed by atoms with Gasteiger partial charge in [0.15, 0.2) is 0 Å². The van der Waals surface area contributed by atoms with Gasteiger partial charge in [0, 0.05) is 29.1 Å². The van der Waals surface area contributed by atoms with Gasteiger partial charge in [-0.1, -0.05) is 69.0 Å². The van der Waals surface area contributed by atoms with E-state index in [-0.39, 0.29) is 28.7 Å². The summed E-state index contributed by atoms with van der Waals surface area (Å²) >= 11 is 6.44. The van der Waals surface area contributed by atoms with Crippen LogP contribution in [0.4, 0.5) is 5.69 Å². The van der Waals surface area contributed by atoms with Crippen LogP contribution < -0.4 is 14.4 Å². The maximum atomic E-state index is 13.7. The number of amides is 1. The molecule has 6 atom stereocenters. The number of ether oxygens (including phenoxy) is 1. The van der Waals surface area contributed by atoms with Crippen LogP contribution in [0, 0.1) is 17.8 Å². The highest BCUT2D eigenvalue weighted by Crippen LogP contribution is 2.46. The third-order valence-electron chi connectivity index (χ3n) is 11.2. The minimum absolute atomic E-state index is 0.120. The number of aliphatic hydroxyl groups is 1. The Morgan fingerprint density at radius 2 is 2.02 bits per heavy atom. The van der Waals surface area contributed by atoms with Gasteiger partial charge in [0.05, 0.1) is 23.6 Å². The molecule has 268 valence electrons. The van der Waals surface area contributed by atoms with Crippen molar-refractivity contribution in [1.29, 1.82) is 0 Å². The first-order valence-electron chi connectivity index (χ1n) is 18.3. The lowest BCUT2D eigenvalue weighted by Crippen LogP contribution is -2.49. The molecule has 0 aromatic heterocycles. The van der Waals surface area contributed by atoms with Crippen LogP contribution in [0.15, 0.2) is 61.2 Å². The SMILES string of the molecule is C=CC[C@@H](CCCC)[C@H](C)S(=O)(=O)NC(=O)c1ccc2c(c1)N(C[C@@H]1CC[C@H]1[C@@H](O)/C=C/CCC)C[C@@]1(CCCc3cc(Cl)ccc31)CO2. The van der Waals surface area contributed by atoms with Gasteiger partial charge in [0.1, 0.15) is 5.75 Å². The van der Waals surface area contributed by atoms with E-state index in [1.54, 1.807) is 31.2 Å². The number of benzene rings is 2. The number of aryl methyl sites for hydroxylation is 1. The predicted octanol–water partition coefficient (Wildman–Crippen LogP) is 8.39. The van der Waals surface area contributed by atoms with Crippen molar-refractivity contribution in [3.63, 3.8) is 0 Å². The average Bonchev–Trinajstić information content (AvgIpc) is 3.21. The quantitative estimate of drug-likeness (QED) is 0.180. The number of halogens is 1. The summed E-state index contributed by atoms with van der Waals surface area (Å²) in [7, 11) is -3.94. The molecule has 3 aliphatic rings. The number of nitrogens with one attached hydrogen (secondary N) is 1. The zero-order chi connectivity index (χ0) is 35.2. The Hall–Kier alpha value is -2.81. The Labute approximate surface area is 299 Å². The van der Waals surface area contributed by atoms with E-state index in [1.165, 1.54) is 11.1 Å². The first kappa shape index (κ1) is 37.4. The normalized spacial score (nSPS) is 23.8. The number of rotatable bonds is 15. The average molecular weight is 711 g/mol. The number of hydrogen-bond acceptors (Lipinski definition) is 6. The molecule has 2 N–H and O–H groups in total. The summed E-state index contributed by atoms with van der Waals surface area (Å²) in [4.78, 5) is 16.0. The van der Waals surface area contributed by atoms with Crippen molar-refractivity contribution < 1.29 is 23.1 Å². The largest absolute Gasteiger partial charge is 0.490 e. The maximum Gasteiger partial charge on any atom is 0.264 e. The summed E-state index contributed by atoms with van der Waals surface area (Å²) in [5, 5.41) is 11.1. The van der Waals surface area contributed by atoms with Crippen LogP contribution in [0.5, 0.6) is 5.75 Å². The smallest absolute Gasteiger partial charge is 0.264 e. The van der Waals surface area contributed by atoms with Gasteiger partial charge < -0.3 is 14.7 Å². The molecule has 0 saturated heterocycles. The molecule has 1 fully saturated rings. The van der Waals surface area contributed by atoms with Crippen LogP contribution in [0.1, 0.15) is 106 Å². The molecule has 1 saturated carbocycles. The van der Waals surface area contributed by atoms with E-state index in [4.69, 9.17) is 16.3 Å². The molecule has 2 aromatic rings. The van der Waals surface area contributed by atoms with Gasteiger partial charge in [-0.2, -0.15) is 0 Å². The van der Waals surface area contributed by atoms with Crippen molar-refractivity contribution in [2.24, 2.45) is 17.8 Å². The number of hydrogen-bond donors (Lipinski definition) is 2. The van der Waals surface area contributed by atoms with Crippen molar-refractivity contribution in [2.75, 3.05) is 24.6 Å². The number of fused-ring (bicyclic) bond motifs is 3. The minimum atomic E-state index is -3.94. The van der Waals surface area contributed by atoms with Gasteiger partial charge in [0.25, 0.3) is 5.91 Å². The van der Waals surface area contributed by atoms with E-state index in [9.17, 15) is 18.3 Å². The fourth-order valence-corrected chi connectivity index (χ4v) is 9.62. The van der Waals surface area contributed by atoms with E-state index in [0.717, 1.165) is 74.9 Å². The molecule has 2 aromatic carbocycles. The molecular weight excluding hydrogens is 656 g/mol. The molecule has 7 nitrogen and oxygen atoms in total. The number of allylic oxidation sites excluding steroid dienone is 2. The van der Waals surface area contributed by atoms with Crippen LogP contribution in [-0.2, 0) is 21.9 Å². The molecule has 0 bridgehead atoms. The van der Waals surface area contributed by atoms with E-state index in [2.05, 4.69) is 48.3 Å². The van der Waals surface area contributed by atoms with Crippen molar-refractivity contribution in [3.05, 3.63) is 82.9 Å². The molecule has 1 heterocycles. The van der Waals surface area contributed by atoms with Crippen LogP contribution in [0.25, 0.3) is 0 Å². The first-order valence-corrected chi connectivity index (χ1v) is 20.3. The number of anilines is 1. The zero-order valence-electron chi connectivity index (χ0n) is 29.5. The fourth-order valence-electron chi connectivity index (χ4n) is 8.11. The maximum absolute atomic E-state index is 13.7. The molecule has 1 spiro atoms. The third kappa shape index (κ3) is 8.57. The Morgan fingerprint density at radius 3 is 2.73 bits per heavy atom. The van der Waals surface area contributed by atoms with Crippen molar-refractivity contribution in [2.45, 2.75) is 108 Å². The number of aliphatic hydroxyl groups excluding tert-OH is 1. The monoisotopic (exact) mass is 710 g/mol. The van der Waals surface area contributed by atoms with Gasteiger partial charge >= 0.3 is 0 Å². The molecule has 2 aliphatic carbocycles. The molecule has 0 radical (unpaired) electrons. The van der Waals surface area contributed by atoms with Crippen LogP contribution >= 0.6 is 11.6 Å². The number of carbonyl (C=O) groups is 1. The summed E-state index contributed by atoms with van der Waals surface area (Å²) in [5.41, 5.74) is 3.28.